The van der Waals surface area contributed by atoms with E-state index in [1.165, 1.54) is 56.4 Å². The van der Waals surface area contributed by atoms with Crippen molar-refractivity contribution in [2.75, 3.05) is 13.2 Å². The number of aryl methyl sites for hydroxylation is 3. The summed E-state index contributed by atoms with van der Waals surface area (Å²) < 4.78 is 2.47. The normalized spacial score (nSPS) is 11.9. The second-order valence-corrected chi connectivity index (χ2v) is 13.5. The van der Waals surface area contributed by atoms with E-state index in [2.05, 4.69) is 112 Å². The fourth-order valence-electron chi connectivity index (χ4n) is 6.46. The molecular weight excluding hydrogens is 556 g/mol. The summed E-state index contributed by atoms with van der Waals surface area (Å²) in [5.74, 6) is 0.298. The second kappa shape index (κ2) is 16.2. The zero-order valence-electron chi connectivity index (χ0n) is 28.4. The van der Waals surface area contributed by atoms with E-state index in [4.69, 9.17) is 4.98 Å². The molecule has 0 atom stereocenters. The molecule has 0 fully saturated rings. The maximum absolute atomic E-state index is 10.4. The van der Waals surface area contributed by atoms with Crippen molar-refractivity contribution in [2.45, 2.75) is 105 Å². The number of benzene rings is 2. The number of fused-ring (bicyclic) bond motifs is 1. The SMILES string of the molecule is CCCc1cnc(C(C)C)c(-c2c(CC(C)(C)CO)c3cc(-c4cccc(CCCCCCNNC=O)c4)ccc3n2CC)c1. The summed E-state index contributed by atoms with van der Waals surface area (Å²) in [6.07, 6.45) is 11.2. The van der Waals surface area contributed by atoms with Crippen LogP contribution >= 0.6 is 0 Å². The van der Waals surface area contributed by atoms with Gasteiger partial charge in [0.1, 0.15) is 0 Å². The van der Waals surface area contributed by atoms with E-state index in [1.807, 2.05) is 0 Å². The first-order chi connectivity index (χ1) is 21.7. The molecule has 0 saturated carbocycles. The molecule has 2 heterocycles. The number of unbranched alkanes of at least 4 members (excludes halogenated alkanes) is 3. The Bertz CT molecular complexity index is 1550. The molecule has 0 aliphatic rings. The Balaban J connectivity index is 1.75. The Kier molecular flexibility index (Phi) is 12.4. The topological polar surface area (TPSA) is 79.2 Å². The van der Waals surface area contributed by atoms with Gasteiger partial charge in [-0.15, -0.1) is 0 Å². The number of rotatable bonds is 18. The van der Waals surface area contributed by atoms with Crippen LogP contribution < -0.4 is 10.9 Å². The van der Waals surface area contributed by atoms with Gasteiger partial charge in [0, 0.05) is 42.4 Å². The number of aromatic nitrogens is 2. The van der Waals surface area contributed by atoms with E-state index in [0.29, 0.717) is 12.3 Å². The van der Waals surface area contributed by atoms with Gasteiger partial charge >= 0.3 is 0 Å². The van der Waals surface area contributed by atoms with Crippen LogP contribution in [-0.2, 0) is 30.6 Å². The molecule has 0 aliphatic heterocycles. The first-order valence-corrected chi connectivity index (χ1v) is 17.0. The molecule has 1 amide bonds. The number of hydrogen-bond donors (Lipinski definition) is 3. The van der Waals surface area contributed by atoms with Crippen LogP contribution in [0.25, 0.3) is 33.3 Å². The quantitative estimate of drug-likeness (QED) is 0.0601. The molecule has 0 spiro atoms. The van der Waals surface area contributed by atoms with Gasteiger partial charge in [-0.05, 0) is 96.4 Å². The highest BCUT2D eigenvalue weighted by Crippen LogP contribution is 2.42. The first-order valence-electron chi connectivity index (χ1n) is 17.0. The number of nitrogens with zero attached hydrogens (tertiary/aromatic N) is 2. The van der Waals surface area contributed by atoms with Crippen LogP contribution in [0.5, 0.6) is 0 Å². The molecule has 0 saturated heterocycles. The molecule has 6 heteroatoms. The number of carbonyl (C=O) groups excluding carboxylic acids is 1. The lowest BCUT2D eigenvalue weighted by Gasteiger charge is -2.24. The second-order valence-electron chi connectivity index (χ2n) is 13.5. The number of pyridine rings is 1. The van der Waals surface area contributed by atoms with E-state index in [1.54, 1.807) is 0 Å². The molecule has 45 heavy (non-hydrogen) atoms. The third kappa shape index (κ3) is 8.62. The monoisotopic (exact) mass is 610 g/mol. The summed E-state index contributed by atoms with van der Waals surface area (Å²) in [5, 5.41) is 11.7. The lowest BCUT2D eigenvalue weighted by molar-refractivity contribution is -0.110. The molecule has 4 aromatic rings. The third-order valence-electron chi connectivity index (χ3n) is 8.82. The Labute approximate surface area is 270 Å². The highest BCUT2D eigenvalue weighted by molar-refractivity contribution is 5.95. The Morgan fingerprint density at radius 3 is 2.44 bits per heavy atom. The van der Waals surface area contributed by atoms with Gasteiger partial charge in [-0.3, -0.25) is 15.2 Å². The number of hydrazine groups is 1. The minimum Gasteiger partial charge on any atom is -0.396 e. The first kappa shape index (κ1) is 34.4. The van der Waals surface area contributed by atoms with Crippen molar-refractivity contribution in [1.82, 2.24) is 20.4 Å². The predicted octanol–water partition coefficient (Wildman–Crippen LogP) is 8.38. The van der Waals surface area contributed by atoms with Crippen LogP contribution in [0.3, 0.4) is 0 Å². The average Bonchev–Trinajstić information content (AvgIpc) is 3.34. The molecule has 242 valence electrons. The molecule has 0 radical (unpaired) electrons. The van der Waals surface area contributed by atoms with Crippen LogP contribution in [0.15, 0.2) is 54.7 Å². The van der Waals surface area contributed by atoms with Crippen molar-refractivity contribution in [3.8, 4) is 22.4 Å². The molecule has 0 bridgehead atoms. The highest BCUT2D eigenvalue weighted by Gasteiger charge is 2.27. The standard InChI is InChI=1S/C39H54N4O2/c1-7-14-30-22-34(37(28(3)4)40-25-30)38-35(24-39(5,6)26-44)33-23-32(18-19-36(33)43(38)8-2)31-17-13-16-29(21-31)15-11-9-10-12-20-41-42-27-45/h13,16-19,21-23,25,27-28,41,44H,7-12,14-15,20,24,26H2,1-6H3,(H,42,45). The van der Waals surface area contributed by atoms with Gasteiger partial charge < -0.3 is 9.67 Å². The van der Waals surface area contributed by atoms with E-state index in [0.717, 1.165) is 63.7 Å². The average molecular weight is 611 g/mol. The fourth-order valence-corrected chi connectivity index (χ4v) is 6.46. The number of aliphatic hydroxyl groups excluding tert-OH is 1. The number of nitrogens with one attached hydrogen (secondary N) is 2. The maximum Gasteiger partial charge on any atom is 0.221 e. The van der Waals surface area contributed by atoms with Crippen LogP contribution in [0, 0.1) is 5.41 Å². The summed E-state index contributed by atoms with van der Waals surface area (Å²) in [4.78, 5) is 15.4. The molecule has 4 rings (SSSR count). The van der Waals surface area contributed by atoms with E-state index in [9.17, 15) is 9.90 Å². The van der Waals surface area contributed by atoms with Crippen molar-refractivity contribution in [3.05, 3.63) is 77.1 Å². The zero-order chi connectivity index (χ0) is 32.4. The van der Waals surface area contributed by atoms with Gasteiger partial charge in [0.05, 0.1) is 11.4 Å². The van der Waals surface area contributed by atoms with Crippen molar-refractivity contribution >= 4 is 17.3 Å². The van der Waals surface area contributed by atoms with Gasteiger partial charge in [0.15, 0.2) is 0 Å². The van der Waals surface area contributed by atoms with Crippen LogP contribution in [0.4, 0.5) is 0 Å². The zero-order valence-corrected chi connectivity index (χ0v) is 28.4. The molecule has 0 aliphatic carbocycles. The van der Waals surface area contributed by atoms with Gasteiger partial charge in [-0.1, -0.05) is 84.2 Å². The molecule has 2 aromatic carbocycles. The third-order valence-corrected chi connectivity index (χ3v) is 8.82. The molecule has 3 N–H and O–H groups in total. The summed E-state index contributed by atoms with van der Waals surface area (Å²) in [5.41, 5.74) is 16.4. The Morgan fingerprint density at radius 1 is 0.956 bits per heavy atom. The smallest absolute Gasteiger partial charge is 0.221 e. The van der Waals surface area contributed by atoms with Crippen LogP contribution in [0.1, 0.15) is 102 Å². The molecule has 2 aromatic heterocycles. The number of carbonyl (C=O) groups is 1. The largest absolute Gasteiger partial charge is 0.396 e. The van der Waals surface area contributed by atoms with Gasteiger partial charge in [0.2, 0.25) is 6.41 Å². The fraction of sp³-hybridized carbons (Fsp3) is 0.487. The van der Waals surface area contributed by atoms with Crippen molar-refractivity contribution in [2.24, 2.45) is 5.41 Å². The van der Waals surface area contributed by atoms with E-state index in [-0.39, 0.29) is 12.0 Å². The highest BCUT2D eigenvalue weighted by atomic mass is 16.3. The molecule has 0 unspecified atom stereocenters. The Hall–Kier alpha value is -3.48. The number of hydrogen-bond acceptors (Lipinski definition) is 4. The Morgan fingerprint density at radius 2 is 1.73 bits per heavy atom. The van der Waals surface area contributed by atoms with Crippen molar-refractivity contribution in [3.63, 3.8) is 0 Å². The summed E-state index contributed by atoms with van der Waals surface area (Å²) >= 11 is 0. The molecular formula is C39H54N4O2. The number of aliphatic hydroxyl groups is 1. The number of amides is 1. The predicted molar refractivity (Wildman–Crippen MR) is 188 cm³/mol. The minimum atomic E-state index is -0.259. The van der Waals surface area contributed by atoms with Gasteiger partial charge in [-0.2, -0.15) is 0 Å². The van der Waals surface area contributed by atoms with Gasteiger partial charge in [0.25, 0.3) is 0 Å². The lowest BCUT2D eigenvalue weighted by Crippen LogP contribution is -2.30. The van der Waals surface area contributed by atoms with E-state index < -0.39 is 0 Å². The summed E-state index contributed by atoms with van der Waals surface area (Å²) in [7, 11) is 0. The van der Waals surface area contributed by atoms with Crippen LogP contribution in [-0.4, -0.2) is 34.2 Å². The van der Waals surface area contributed by atoms with Gasteiger partial charge in [-0.25, -0.2) is 5.43 Å². The van der Waals surface area contributed by atoms with E-state index >= 15 is 0 Å². The maximum atomic E-state index is 10.4. The van der Waals surface area contributed by atoms with Crippen LogP contribution in [0.2, 0.25) is 0 Å². The molecule has 6 nitrogen and oxygen atoms in total. The summed E-state index contributed by atoms with van der Waals surface area (Å²) in [6.45, 7) is 15.0. The summed E-state index contributed by atoms with van der Waals surface area (Å²) in [6, 6.07) is 18.3. The lowest BCUT2D eigenvalue weighted by atomic mass is 9.83. The minimum absolute atomic E-state index is 0.129. The van der Waals surface area contributed by atoms with Crippen molar-refractivity contribution < 1.29 is 9.90 Å². The van der Waals surface area contributed by atoms with Crippen molar-refractivity contribution in [1.29, 1.82) is 0 Å².